The third-order valence-electron chi connectivity index (χ3n) is 3.13. The van der Waals surface area contributed by atoms with Crippen molar-refractivity contribution in [3.63, 3.8) is 0 Å². The van der Waals surface area contributed by atoms with Gasteiger partial charge in [0, 0.05) is 12.7 Å². The minimum Gasteiger partial charge on any atom is -0.331 e. The Bertz CT molecular complexity index is 831. The molecule has 0 aliphatic rings. The zero-order valence-electron chi connectivity index (χ0n) is 10.7. The summed E-state index contributed by atoms with van der Waals surface area (Å²) in [5, 5.41) is 5.31. The first-order valence-corrected chi connectivity index (χ1v) is 7.27. The molecule has 0 saturated heterocycles. The molecule has 0 aliphatic carbocycles. The van der Waals surface area contributed by atoms with Crippen LogP contribution in [-0.4, -0.2) is 19.3 Å². The molecule has 2 aromatic heterocycles. The predicted molar refractivity (Wildman–Crippen MR) is 84.1 cm³/mol. The van der Waals surface area contributed by atoms with Crippen molar-refractivity contribution in [3.8, 4) is 0 Å². The molecule has 0 radical (unpaired) electrons. The van der Waals surface area contributed by atoms with Crippen molar-refractivity contribution in [2.24, 2.45) is 0 Å². The smallest absolute Gasteiger partial charge is 0.178 e. The molecule has 0 bridgehead atoms. The second kappa shape index (κ2) is 5.24. The lowest BCUT2D eigenvalue weighted by molar-refractivity contribution is 0.537. The second-order valence-electron chi connectivity index (χ2n) is 4.65. The first kappa shape index (κ1) is 13.7. The normalized spacial score (nSPS) is 11.3. The first-order chi connectivity index (χ1) is 9.54. The van der Waals surface area contributed by atoms with Crippen molar-refractivity contribution in [2.75, 3.05) is 0 Å². The van der Waals surface area contributed by atoms with E-state index in [1.165, 1.54) is 0 Å². The summed E-state index contributed by atoms with van der Waals surface area (Å²) in [4.78, 5) is 3.14. The summed E-state index contributed by atoms with van der Waals surface area (Å²) in [7, 11) is 0. The Morgan fingerprint density at radius 3 is 2.70 bits per heavy atom. The molecule has 0 aliphatic heterocycles. The lowest BCUT2D eigenvalue weighted by Gasteiger charge is -2.05. The number of fused-ring (bicyclic) bond motifs is 1. The maximum Gasteiger partial charge on any atom is 0.178 e. The van der Waals surface area contributed by atoms with Crippen LogP contribution < -0.4 is 0 Å². The van der Waals surface area contributed by atoms with Crippen molar-refractivity contribution in [1.82, 2.24) is 19.3 Å². The summed E-state index contributed by atoms with van der Waals surface area (Å²) < 4.78 is 4.55. The quantitative estimate of drug-likeness (QED) is 0.732. The highest BCUT2D eigenvalue weighted by Gasteiger charge is 2.08. The summed E-state index contributed by atoms with van der Waals surface area (Å²) >= 11 is 17.4. The molecule has 0 saturated carbocycles. The topological polar surface area (TPSA) is 38.5 Å². The first-order valence-electron chi connectivity index (χ1n) is 6.11. The number of imidazole rings is 1. The van der Waals surface area contributed by atoms with Crippen LogP contribution in [0.2, 0.25) is 10.0 Å². The molecule has 0 fully saturated rings. The van der Waals surface area contributed by atoms with E-state index in [0.29, 0.717) is 14.8 Å². The van der Waals surface area contributed by atoms with Crippen molar-refractivity contribution >= 4 is 46.5 Å². The molecule has 7 heteroatoms. The van der Waals surface area contributed by atoms with Gasteiger partial charge in [-0.2, -0.15) is 5.10 Å². The van der Waals surface area contributed by atoms with Gasteiger partial charge in [0.2, 0.25) is 0 Å². The number of hydrogen-bond acceptors (Lipinski definition) is 2. The maximum atomic E-state index is 6.08. The number of nitrogens with zero attached hydrogens (tertiary/aromatic N) is 3. The number of aryl methyl sites for hydroxylation is 3. The molecule has 0 spiro atoms. The number of benzene rings is 1. The van der Waals surface area contributed by atoms with Crippen LogP contribution in [0.25, 0.3) is 11.0 Å². The van der Waals surface area contributed by atoms with E-state index in [1.54, 1.807) is 6.07 Å². The number of hydrogen-bond donors (Lipinski definition) is 1. The van der Waals surface area contributed by atoms with Crippen LogP contribution in [0.3, 0.4) is 0 Å². The highest BCUT2D eigenvalue weighted by atomic mass is 35.5. The van der Waals surface area contributed by atoms with Crippen molar-refractivity contribution in [1.29, 1.82) is 0 Å². The molecule has 3 aromatic rings. The molecule has 1 N–H and O–H groups in total. The second-order valence-corrected chi connectivity index (χ2v) is 5.85. The lowest BCUT2D eigenvalue weighted by Crippen LogP contribution is -2.07. The van der Waals surface area contributed by atoms with Gasteiger partial charge in [0.25, 0.3) is 0 Å². The van der Waals surface area contributed by atoms with Crippen LogP contribution in [-0.2, 0) is 13.1 Å². The zero-order chi connectivity index (χ0) is 14.3. The Hall–Kier alpha value is -1.30. The molecule has 3 rings (SSSR count). The Balaban J connectivity index is 1.96. The van der Waals surface area contributed by atoms with E-state index in [4.69, 9.17) is 35.4 Å². The lowest BCUT2D eigenvalue weighted by atomic mass is 10.3. The summed E-state index contributed by atoms with van der Waals surface area (Å²) in [6, 6.07) is 3.63. The SMILES string of the molecule is Cc1cnn(CCn2c(=S)[nH]c3cc(Cl)c(Cl)cc32)c1. The summed E-state index contributed by atoms with van der Waals surface area (Å²) in [6.07, 6.45) is 3.84. The fraction of sp³-hybridized carbons (Fsp3) is 0.231. The fourth-order valence-corrected chi connectivity index (χ4v) is 2.79. The molecule has 20 heavy (non-hydrogen) atoms. The Labute approximate surface area is 130 Å². The maximum absolute atomic E-state index is 6.08. The van der Waals surface area contributed by atoms with Gasteiger partial charge < -0.3 is 9.55 Å². The highest BCUT2D eigenvalue weighted by molar-refractivity contribution is 7.71. The molecule has 1 aromatic carbocycles. The molecule has 2 heterocycles. The fourth-order valence-electron chi connectivity index (χ4n) is 2.17. The van der Waals surface area contributed by atoms with E-state index in [2.05, 4.69) is 10.1 Å². The summed E-state index contributed by atoms with van der Waals surface area (Å²) in [6.45, 7) is 3.48. The van der Waals surface area contributed by atoms with E-state index in [0.717, 1.165) is 29.7 Å². The number of nitrogens with one attached hydrogen (secondary N) is 1. The van der Waals surface area contributed by atoms with E-state index in [-0.39, 0.29) is 0 Å². The number of aromatic amines is 1. The van der Waals surface area contributed by atoms with Gasteiger partial charge in [0.15, 0.2) is 4.77 Å². The van der Waals surface area contributed by atoms with E-state index >= 15 is 0 Å². The van der Waals surface area contributed by atoms with Crippen LogP contribution in [0.15, 0.2) is 24.5 Å². The van der Waals surface area contributed by atoms with Gasteiger partial charge in [-0.3, -0.25) is 4.68 Å². The van der Waals surface area contributed by atoms with Gasteiger partial charge in [-0.15, -0.1) is 0 Å². The number of rotatable bonds is 3. The number of aromatic nitrogens is 4. The summed E-state index contributed by atoms with van der Waals surface area (Å²) in [5.41, 5.74) is 2.98. The van der Waals surface area contributed by atoms with Crippen LogP contribution in [0.5, 0.6) is 0 Å². The highest BCUT2D eigenvalue weighted by Crippen LogP contribution is 2.27. The molecule has 104 valence electrons. The zero-order valence-corrected chi connectivity index (χ0v) is 13.1. The van der Waals surface area contributed by atoms with E-state index in [1.807, 2.05) is 34.6 Å². The van der Waals surface area contributed by atoms with E-state index < -0.39 is 0 Å². The molecule has 0 amide bonds. The average Bonchev–Trinajstić information content (AvgIpc) is 2.92. The number of H-pyrrole nitrogens is 1. The van der Waals surface area contributed by atoms with Crippen LogP contribution in [0, 0.1) is 11.7 Å². The molecule has 0 atom stereocenters. The van der Waals surface area contributed by atoms with Crippen molar-refractivity contribution < 1.29 is 0 Å². The van der Waals surface area contributed by atoms with Gasteiger partial charge in [0.1, 0.15) is 0 Å². The van der Waals surface area contributed by atoms with Gasteiger partial charge in [0.05, 0.1) is 33.8 Å². The Morgan fingerprint density at radius 2 is 2.00 bits per heavy atom. The molecular weight excluding hydrogens is 315 g/mol. The van der Waals surface area contributed by atoms with Gasteiger partial charge in [-0.25, -0.2) is 0 Å². The third kappa shape index (κ3) is 2.49. The largest absolute Gasteiger partial charge is 0.331 e. The van der Waals surface area contributed by atoms with Gasteiger partial charge in [-0.1, -0.05) is 23.2 Å². The van der Waals surface area contributed by atoms with Crippen molar-refractivity contribution in [3.05, 3.63) is 44.9 Å². The van der Waals surface area contributed by atoms with Gasteiger partial charge in [-0.05, 0) is 36.8 Å². The van der Waals surface area contributed by atoms with Crippen LogP contribution in [0.4, 0.5) is 0 Å². The minimum absolute atomic E-state index is 0.519. The van der Waals surface area contributed by atoms with Crippen LogP contribution >= 0.6 is 35.4 Å². The Morgan fingerprint density at radius 1 is 1.25 bits per heavy atom. The summed E-state index contributed by atoms with van der Waals surface area (Å²) in [5.74, 6) is 0. The third-order valence-corrected chi connectivity index (χ3v) is 4.18. The molecule has 0 unspecified atom stereocenters. The average molecular weight is 327 g/mol. The van der Waals surface area contributed by atoms with Crippen molar-refractivity contribution in [2.45, 2.75) is 20.0 Å². The van der Waals surface area contributed by atoms with Crippen LogP contribution in [0.1, 0.15) is 5.56 Å². The standard InChI is InChI=1S/C13H12Cl2N4S/c1-8-6-16-18(7-8)2-3-19-12-5-10(15)9(14)4-11(12)17-13(19)20/h4-7H,2-3H2,1H3,(H,17,20). The number of halogens is 2. The molecular formula is C13H12Cl2N4S. The predicted octanol–water partition coefficient (Wildman–Crippen LogP) is 4.21. The van der Waals surface area contributed by atoms with Gasteiger partial charge >= 0.3 is 0 Å². The minimum atomic E-state index is 0.519. The monoisotopic (exact) mass is 326 g/mol. The van der Waals surface area contributed by atoms with E-state index in [9.17, 15) is 0 Å². The molecule has 4 nitrogen and oxygen atoms in total. The Kier molecular flexibility index (Phi) is 3.58.